The van der Waals surface area contributed by atoms with Crippen LogP contribution in [0, 0.1) is 0 Å². The lowest BCUT2D eigenvalue weighted by atomic mass is 10.1. The fraction of sp³-hybridized carbons (Fsp3) is 0.375. The molecule has 2 amide bonds. The van der Waals surface area contributed by atoms with E-state index >= 15 is 0 Å². The van der Waals surface area contributed by atoms with Crippen molar-refractivity contribution >= 4 is 34.0 Å². The van der Waals surface area contributed by atoms with E-state index in [1.807, 2.05) is 28.3 Å². The Morgan fingerprint density at radius 3 is 2.78 bits per heavy atom. The topological polar surface area (TPSA) is 70.5 Å². The summed E-state index contributed by atoms with van der Waals surface area (Å²) in [6.45, 7) is 1.63. The van der Waals surface area contributed by atoms with Crippen LogP contribution in [0.4, 0.5) is 10.8 Å². The number of benzene rings is 1. The predicted octanol–water partition coefficient (Wildman–Crippen LogP) is 4.41. The molecule has 3 heterocycles. The van der Waals surface area contributed by atoms with Gasteiger partial charge in [0.25, 0.3) is 5.91 Å². The van der Waals surface area contributed by atoms with Crippen molar-refractivity contribution in [3.05, 3.63) is 65.4 Å². The van der Waals surface area contributed by atoms with Crippen molar-refractivity contribution < 1.29 is 9.59 Å². The van der Waals surface area contributed by atoms with Gasteiger partial charge in [-0.05, 0) is 43.5 Å². The Balaban J connectivity index is 1.38. The molecule has 0 radical (unpaired) electrons. The van der Waals surface area contributed by atoms with Crippen molar-refractivity contribution in [2.24, 2.45) is 0 Å². The van der Waals surface area contributed by atoms with Gasteiger partial charge in [0.2, 0.25) is 5.91 Å². The number of nitrogens with one attached hydrogen (secondary N) is 1. The van der Waals surface area contributed by atoms with E-state index < -0.39 is 0 Å². The maximum atomic E-state index is 12.9. The van der Waals surface area contributed by atoms with Gasteiger partial charge in [0.15, 0.2) is 5.13 Å². The van der Waals surface area contributed by atoms with Crippen LogP contribution >= 0.6 is 11.3 Å². The van der Waals surface area contributed by atoms with Crippen LogP contribution in [0.2, 0.25) is 0 Å². The van der Waals surface area contributed by atoms with Crippen molar-refractivity contribution in [3.63, 3.8) is 0 Å². The monoisotopic (exact) mass is 451 g/mol. The zero-order chi connectivity index (χ0) is 22.5. The number of thiazole rings is 1. The zero-order valence-corrected chi connectivity index (χ0v) is 19.3. The predicted molar refractivity (Wildman–Crippen MR) is 128 cm³/mol. The van der Waals surface area contributed by atoms with E-state index in [0.717, 1.165) is 25.1 Å². The van der Waals surface area contributed by atoms with Gasteiger partial charge in [-0.1, -0.05) is 18.2 Å². The van der Waals surface area contributed by atoms with Crippen LogP contribution in [0.25, 0.3) is 0 Å². The molecule has 4 rings (SSSR count). The third kappa shape index (κ3) is 5.02. The largest absolute Gasteiger partial charge is 0.363 e. The Kier molecular flexibility index (Phi) is 6.90. The molecule has 1 N–H and O–H groups in total. The number of anilines is 2. The van der Waals surface area contributed by atoms with E-state index in [-0.39, 0.29) is 17.9 Å². The van der Waals surface area contributed by atoms with Crippen LogP contribution < -0.4 is 10.2 Å². The summed E-state index contributed by atoms with van der Waals surface area (Å²) in [5.74, 6) is -0.0869. The first kappa shape index (κ1) is 22.1. The number of aromatic nitrogens is 2. The number of aryl methyl sites for hydroxylation is 1. The summed E-state index contributed by atoms with van der Waals surface area (Å²) in [5.41, 5.74) is 2.79. The maximum absolute atomic E-state index is 12.9. The molecule has 1 atom stereocenters. The standard InChI is InChI=1S/C24H29N5O2S/c1-27(2)22(30)13-8-15-28-14-6-12-21(28)23(31)26-24-25-19(17-32-24)20-11-7-16-29(20)18-9-4-3-5-10-18/h3-6,9-10,12,14,17,20H,7-8,11,13,15-16H2,1-2H3,(H,25,26,31)/t20-/m1/s1. The van der Waals surface area contributed by atoms with Gasteiger partial charge in [-0.15, -0.1) is 11.3 Å². The van der Waals surface area contributed by atoms with Crippen molar-refractivity contribution in [3.8, 4) is 0 Å². The molecular weight excluding hydrogens is 422 g/mol. The molecule has 0 aliphatic carbocycles. The average Bonchev–Trinajstić information content (AvgIpc) is 3.54. The average molecular weight is 452 g/mol. The third-order valence-corrected chi connectivity index (χ3v) is 6.55. The molecular formula is C24H29N5O2S. The normalized spacial score (nSPS) is 15.7. The van der Waals surface area contributed by atoms with Gasteiger partial charge in [0, 0.05) is 50.9 Å². The molecule has 1 aliphatic heterocycles. The minimum Gasteiger partial charge on any atom is -0.363 e. The number of carbonyl (C=O) groups excluding carboxylic acids is 2. The van der Waals surface area contributed by atoms with Crippen LogP contribution in [0.3, 0.4) is 0 Å². The highest BCUT2D eigenvalue weighted by atomic mass is 32.1. The lowest BCUT2D eigenvalue weighted by Gasteiger charge is -2.25. The highest BCUT2D eigenvalue weighted by Gasteiger charge is 2.28. The van der Waals surface area contributed by atoms with Crippen LogP contribution in [0.5, 0.6) is 0 Å². The molecule has 2 aromatic heterocycles. The number of rotatable bonds is 8. The Morgan fingerprint density at radius 2 is 2.00 bits per heavy atom. The zero-order valence-electron chi connectivity index (χ0n) is 18.5. The maximum Gasteiger partial charge on any atom is 0.274 e. The molecule has 0 bridgehead atoms. The highest BCUT2D eigenvalue weighted by molar-refractivity contribution is 7.14. The first-order chi connectivity index (χ1) is 15.5. The second kappa shape index (κ2) is 9.99. The van der Waals surface area contributed by atoms with Gasteiger partial charge in [-0.3, -0.25) is 14.9 Å². The lowest BCUT2D eigenvalue weighted by Crippen LogP contribution is -2.23. The summed E-state index contributed by atoms with van der Waals surface area (Å²) < 4.78 is 1.89. The van der Waals surface area contributed by atoms with Gasteiger partial charge in [-0.25, -0.2) is 4.98 Å². The van der Waals surface area contributed by atoms with Gasteiger partial charge >= 0.3 is 0 Å². The van der Waals surface area contributed by atoms with Gasteiger partial charge in [-0.2, -0.15) is 0 Å². The Morgan fingerprint density at radius 1 is 1.19 bits per heavy atom. The molecule has 7 nitrogen and oxygen atoms in total. The van der Waals surface area contributed by atoms with Gasteiger partial charge in [0.1, 0.15) is 5.69 Å². The van der Waals surface area contributed by atoms with E-state index in [1.165, 1.54) is 17.0 Å². The third-order valence-electron chi connectivity index (χ3n) is 5.78. The number of carbonyl (C=O) groups is 2. The van der Waals surface area contributed by atoms with E-state index in [2.05, 4.69) is 34.5 Å². The highest BCUT2D eigenvalue weighted by Crippen LogP contribution is 2.37. The number of hydrogen-bond donors (Lipinski definition) is 1. The second-order valence-corrected chi connectivity index (χ2v) is 9.06. The summed E-state index contributed by atoms with van der Waals surface area (Å²) in [7, 11) is 3.51. The first-order valence-electron chi connectivity index (χ1n) is 11.0. The Hall–Kier alpha value is -3.13. The number of amides is 2. The molecule has 32 heavy (non-hydrogen) atoms. The molecule has 3 aromatic rings. The van der Waals surface area contributed by atoms with Crippen molar-refractivity contribution in [1.82, 2.24) is 14.5 Å². The summed E-state index contributed by atoms with van der Waals surface area (Å²) in [6, 6.07) is 14.3. The molecule has 0 unspecified atom stereocenters. The van der Waals surface area contributed by atoms with E-state index in [1.54, 1.807) is 25.1 Å². The smallest absolute Gasteiger partial charge is 0.274 e. The lowest BCUT2D eigenvalue weighted by molar-refractivity contribution is -0.128. The molecule has 1 aliphatic rings. The molecule has 1 saturated heterocycles. The SMILES string of the molecule is CN(C)C(=O)CCCn1cccc1C(=O)Nc1nc([C@H]2CCCN2c2ccccc2)cs1. The van der Waals surface area contributed by atoms with Crippen molar-refractivity contribution in [1.29, 1.82) is 0 Å². The Labute approximate surface area is 192 Å². The molecule has 8 heteroatoms. The summed E-state index contributed by atoms with van der Waals surface area (Å²) in [5, 5.41) is 5.62. The van der Waals surface area contributed by atoms with Crippen LogP contribution in [0.15, 0.2) is 54.0 Å². The fourth-order valence-electron chi connectivity index (χ4n) is 4.10. The van der Waals surface area contributed by atoms with Crippen LogP contribution in [-0.2, 0) is 11.3 Å². The van der Waals surface area contributed by atoms with Crippen molar-refractivity contribution in [2.45, 2.75) is 38.3 Å². The van der Waals surface area contributed by atoms with E-state index in [0.29, 0.717) is 30.2 Å². The van der Waals surface area contributed by atoms with Gasteiger partial charge < -0.3 is 14.4 Å². The molecule has 168 valence electrons. The molecule has 1 fully saturated rings. The Bertz CT molecular complexity index is 1060. The van der Waals surface area contributed by atoms with E-state index in [4.69, 9.17) is 4.98 Å². The van der Waals surface area contributed by atoms with Gasteiger partial charge in [0.05, 0.1) is 11.7 Å². The minimum absolute atomic E-state index is 0.0925. The molecule has 1 aromatic carbocycles. The fourth-order valence-corrected chi connectivity index (χ4v) is 4.85. The summed E-state index contributed by atoms with van der Waals surface area (Å²) >= 11 is 1.46. The minimum atomic E-state index is -0.179. The van der Waals surface area contributed by atoms with E-state index in [9.17, 15) is 9.59 Å². The molecule has 0 spiro atoms. The quantitative estimate of drug-likeness (QED) is 0.551. The first-order valence-corrected chi connectivity index (χ1v) is 11.8. The van der Waals surface area contributed by atoms with Crippen molar-refractivity contribution in [2.75, 3.05) is 30.9 Å². The second-order valence-electron chi connectivity index (χ2n) is 8.20. The number of para-hydroxylation sites is 1. The molecule has 0 saturated carbocycles. The summed E-state index contributed by atoms with van der Waals surface area (Å²) in [6.07, 6.45) is 5.20. The van der Waals surface area contributed by atoms with Crippen LogP contribution in [-0.4, -0.2) is 46.9 Å². The van der Waals surface area contributed by atoms with Crippen LogP contribution in [0.1, 0.15) is 47.9 Å². The number of hydrogen-bond acceptors (Lipinski definition) is 5. The number of nitrogens with zero attached hydrogens (tertiary/aromatic N) is 4. The summed E-state index contributed by atoms with van der Waals surface area (Å²) in [4.78, 5) is 33.4.